The number of nitrogens with zero attached hydrogens (tertiary/aromatic N) is 1. The second-order valence-corrected chi connectivity index (χ2v) is 6.75. The van der Waals surface area contributed by atoms with Crippen molar-refractivity contribution in [3.8, 4) is 5.75 Å². The highest BCUT2D eigenvalue weighted by atomic mass is 127. The van der Waals surface area contributed by atoms with E-state index in [4.69, 9.17) is 9.47 Å². The van der Waals surface area contributed by atoms with Crippen molar-refractivity contribution in [2.45, 2.75) is 46.8 Å². The molecule has 28 heavy (non-hydrogen) atoms. The predicted molar refractivity (Wildman–Crippen MR) is 120 cm³/mol. The first-order valence-corrected chi connectivity index (χ1v) is 9.15. The van der Waals surface area contributed by atoms with Gasteiger partial charge in [0.05, 0.1) is 13.2 Å². The standard InChI is InChI=1S/C19H31FN4O3.HI/c1-6-21-17(22-10-11-23-18(25)27-19(3,4)5)24-13-14-8-9-16(26-7-2)15(20)12-14;/h8-9,12H,6-7,10-11,13H2,1-5H3,(H,23,25)(H2,21,22,24);1H. The maximum Gasteiger partial charge on any atom is 0.407 e. The molecule has 1 rings (SSSR count). The van der Waals surface area contributed by atoms with Gasteiger partial charge in [0.15, 0.2) is 17.5 Å². The second-order valence-electron chi connectivity index (χ2n) is 6.75. The monoisotopic (exact) mass is 510 g/mol. The molecule has 0 fully saturated rings. The molecule has 0 spiro atoms. The molecule has 1 aromatic rings. The highest BCUT2D eigenvalue weighted by Crippen LogP contribution is 2.18. The number of rotatable bonds is 8. The topological polar surface area (TPSA) is 84.0 Å². The Labute approximate surface area is 183 Å². The number of hydrogen-bond acceptors (Lipinski definition) is 4. The lowest BCUT2D eigenvalue weighted by Crippen LogP contribution is -2.42. The van der Waals surface area contributed by atoms with Gasteiger partial charge in [0.2, 0.25) is 0 Å². The van der Waals surface area contributed by atoms with E-state index in [-0.39, 0.29) is 29.7 Å². The maximum absolute atomic E-state index is 13.9. The second kappa shape index (κ2) is 13.4. The minimum Gasteiger partial charge on any atom is -0.491 e. The first-order valence-electron chi connectivity index (χ1n) is 9.15. The molecule has 3 N–H and O–H groups in total. The molecule has 0 saturated carbocycles. The van der Waals surface area contributed by atoms with Crippen LogP contribution in [0.1, 0.15) is 40.2 Å². The van der Waals surface area contributed by atoms with Gasteiger partial charge in [-0.2, -0.15) is 0 Å². The number of aliphatic imine (C=N–C) groups is 1. The van der Waals surface area contributed by atoms with Crippen molar-refractivity contribution in [1.29, 1.82) is 0 Å². The van der Waals surface area contributed by atoms with Crippen molar-refractivity contribution < 1.29 is 18.7 Å². The van der Waals surface area contributed by atoms with Gasteiger partial charge in [0.1, 0.15) is 5.60 Å². The van der Waals surface area contributed by atoms with Gasteiger partial charge in [-0.25, -0.2) is 14.2 Å². The average Bonchev–Trinajstić information content (AvgIpc) is 2.57. The van der Waals surface area contributed by atoms with E-state index >= 15 is 0 Å². The number of nitrogens with one attached hydrogen (secondary N) is 3. The normalized spacial score (nSPS) is 11.3. The zero-order chi connectivity index (χ0) is 20.3. The van der Waals surface area contributed by atoms with Gasteiger partial charge in [-0.05, 0) is 52.3 Å². The number of hydrogen-bond donors (Lipinski definition) is 3. The van der Waals surface area contributed by atoms with Gasteiger partial charge in [-0.15, -0.1) is 24.0 Å². The molecule has 0 aliphatic rings. The fourth-order valence-corrected chi connectivity index (χ4v) is 2.09. The summed E-state index contributed by atoms with van der Waals surface area (Å²) in [6, 6.07) is 4.81. The van der Waals surface area contributed by atoms with E-state index in [1.165, 1.54) is 6.07 Å². The van der Waals surface area contributed by atoms with Crippen molar-refractivity contribution in [3.05, 3.63) is 29.6 Å². The van der Waals surface area contributed by atoms with E-state index in [0.717, 1.165) is 5.56 Å². The number of alkyl carbamates (subject to hydrolysis) is 1. The van der Waals surface area contributed by atoms with Crippen LogP contribution in [0, 0.1) is 5.82 Å². The fourth-order valence-electron chi connectivity index (χ4n) is 2.09. The molecular formula is C19H32FIN4O3. The van der Waals surface area contributed by atoms with Crippen molar-refractivity contribution in [2.75, 3.05) is 26.2 Å². The SMILES string of the molecule is CCNC(=NCc1ccc(OCC)c(F)c1)NCCNC(=O)OC(C)(C)C.I. The zero-order valence-corrected chi connectivity index (χ0v) is 19.6. The van der Waals surface area contributed by atoms with Crippen LogP contribution >= 0.6 is 24.0 Å². The Morgan fingerprint density at radius 3 is 2.39 bits per heavy atom. The summed E-state index contributed by atoms with van der Waals surface area (Å²) in [4.78, 5) is 16.0. The molecule has 0 radical (unpaired) electrons. The van der Waals surface area contributed by atoms with Crippen molar-refractivity contribution in [3.63, 3.8) is 0 Å². The zero-order valence-electron chi connectivity index (χ0n) is 17.2. The van der Waals surface area contributed by atoms with Gasteiger partial charge in [-0.1, -0.05) is 6.07 Å². The van der Waals surface area contributed by atoms with Crippen LogP contribution in [0.15, 0.2) is 23.2 Å². The summed E-state index contributed by atoms with van der Waals surface area (Å²) >= 11 is 0. The van der Waals surface area contributed by atoms with Crippen LogP contribution in [0.4, 0.5) is 9.18 Å². The van der Waals surface area contributed by atoms with Gasteiger partial charge in [0.25, 0.3) is 0 Å². The molecule has 0 aliphatic carbocycles. The first-order chi connectivity index (χ1) is 12.7. The molecular weight excluding hydrogens is 478 g/mol. The first kappa shape index (κ1) is 26.2. The number of ether oxygens (including phenoxy) is 2. The molecule has 0 aromatic heterocycles. The number of amides is 1. The van der Waals surface area contributed by atoms with E-state index in [0.29, 0.717) is 38.7 Å². The van der Waals surface area contributed by atoms with Gasteiger partial charge in [-0.3, -0.25) is 0 Å². The molecule has 160 valence electrons. The number of carbonyl (C=O) groups is 1. The molecule has 0 unspecified atom stereocenters. The summed E-state index contributed by atoms with van der Waals surface area (Å²) in [5.41, 5.74) is 0.209. The van der Waals surface area contributed by atoms with Crippen molar-refractivity contribution in [2.24, 2.45) is 4.99 Å². The van der Waals surface area contributed by atoms with Crippen molar-refractivity contribution >= 4 is 36.0 Å². The van der Waals surface area contributed by atoms with Crippen LogP contribution in [-0.4, -0.2) is 43.9 Å². The Kier molecular flexibility index (Phi) is 12.6. The number of guanidine groups is 1. The van der Waals surface area contributed by atoms with E-state index in [2.05, 4.69) is 20.9 Å². The number of carbonyl (C=O) groups excluding carboxylic acids is 1. The van der Waals surface area contributed by atoms with Gasteiger partial charge in [0, 0.05) is 19.6 Å². The lowest BCUT2D eigenvalue weighted by Gasteiger charge is -2.19. The summed E-state index contributed by atoms with van der Waals surface area (Å²) in [6.07, 6.45) is -0.462. The van der Waals surface area contributed by atoms with E-state index in [9.17, 15) is 9.18 Å². The van der Waals surface area contributed by atoms with Gasteiger partial charge >= 0.3 is 6.09 Å². The lowest BCUT2D eigenvalue weighted by atomic mass is 10.2. The molecule has 0 bridgehead atoms. The summed E-state index contributed by atoms with van der Waals surface area (Å²) in [7, 11) is 0. The smallest absolute Gasteiger partial charge is 0.407 e. The molecule has 0 heterocycles. The van der Waals surface area contributed by atoms with Crippen LogP contribution in [-0.2, 0) is 11.3 Å². The fraction of sp³-hybridized carbons (Fsp3) is 0.579. The third kappa shape index (κ3) is 11.2. The molecule has 1 aromatic carbocycles. The molecule has 9 heteroatoms. The number of benzene rings is 1. The minimum absolute atomic E-state index is 0. The van der Waals surface area contributed by atoms with Crippen molar-refractivity contribution in [1.82, 2.24) is 16.0 Å². The van der Waals surface area contributed by atoms with E-state index in [1.807, 2.05) is 34.6 Å². The van der Waals surface area contributed by atoms with Crippen LogP contribution in [0.25, 0.3) is 0 Å². The minimum atomic E-state index is -0.527. The number of halogens is 2. The Morgan fingerprint density at radius 1 is 1.14 bits per heavy atom. The van der Waals surface area contributed by atoms with E-state index < -0.39 is 17.5 Å². The van der Waals surface area contributed by atoms with Crippen LogP contribution in [0.5, 0.6) is 5.75 Å². The van der Waals surface area contributed by atoms with Crippen LogP contribution in [0.2, 0.25) is 0 Å². The average molecular weight is 510 g/mol. The summed E-state index contributed by atoms with van der Waals surface area (Å²) in [5.74, 6) is 0.422. The molecule has 0 aliphatic heterocycles. The Hall–Kier alpha value is -1.78. The van der Waals surface area contributed by atoms with Gasteiger partial charge < -0.3 is 25.4 Å². The summed E-state index contributed by atoms with van der Waals surface area (Å²) < 4.78 is 24.3. The van der Waals surface area contributed by atoms with Crippen LogP contribution in [0.3, 0.4) is 0 Å². The third-order valence-corrected chi connectivity index (χ3v) is 3.15. The van der Waals surface area contributed by atoms with E-state index in [1.54, 1.807) is 12.1 Å². The Bertz CT molecular complexity index is 636. The lowest BCUT2D eigenvalue weighted by molar-refractivity contribution is 0.0529. The molecule has 1 amide bonds. The Balaban J connectivity index is 0.00000729. The highest BCUT2D eigenvalue weighted by Gasteiger charge is 2.15. The highest BCUT2D eigenvalue weighted by molar-refractivity contribution is 14.0. The quantitative estimate of drug-likeness (QED) is 0.216. The Morgan fingerprint density at radius 2 is 1.82 bits per heavy atom. The molecule has 7 nitrogen and oxygen atoms in total. The molecule has 0 saturated heterocycles. The maximum atomic E-state index is 13.9. The molecule has 0 atom stereocenters. The van der Waals surface area contributed by atoms with Crippen LogP contribution < -0.4 is 20.7 Å². The third-order valence-electron chi connectivity index (χ3n) is 3.15. The largest absolute Gasteiger partial charge is 0.491 e. The summed E-state index contributed by atoms with van der Waals surface area (Å²) in [5, 5.41) is 8.87. The summed E-state index contributed by atoms with van der Waals surface area (Å²) in [6.45, 7) is 11.5. The predicted octanol–water partition coefficient (Wildman–Crippen LogP) is 3.42.